The van der Waals surface area contributed by atoms with Crippen LogP contribution in [0.3, 0.4) is 0 Å². The largest absolute Gasteiger partial charge is 0.481 e. The first-order valence-corrected chi connectivity index (χ1v) is 11.2. The molecule has 1 saturated heterocycles. The van der Waals surface area contributed by atoms with Gasteiger partial charge in [-0.25, -0.2) is 0 Å². The molecule has 6 nitrogen and oxygen atoms in total. The lowest BCUT2D eigenvalue weighted by atomic mass is 9.95. The molecule has 1 aromatic rings. The Morgan fingerprint density at radius 1 is 1.38 bits per heavy atom. The number of methoxy groups -OCH3 is 1. The summed E-state index contributed by atoms with van der Waals surface area (Å²) in [5, 5.41) is 29.2. The van der Waals surface area contributed by atoms with Crippen LogP contribution in [0.25, 0.3) is 0 Å². The highest BCUT2D eigenvalue weighted by molar-refractivity contribution is 7.99. The van der Waals surface area contributed by atoms with Gasteiger partial charge < -0.3 is 24.8 Å². The molecule has 0 unspecified atom stereocenters. The number of hydrogen-bond acceptors (Lipinski definition) is 6. The number of carboxylic acids is 1. The van der Waals surface area contributed by atoms with Gasteiger partial charge in [-0.2, -0.15) is 11.8 Å². The number of aliphatic hydroxyl groups excluding tert-OH is 2. The number of carboxylic acid groups (broad SMARTS) is 1. The molecule has 1 fully saturated rings. The average Bonchev–Trinajstić information content (AvgIpc) is 3.03. The zero-order valence-corrected chi connectivity index (χ0v) is 17.7. The molecule has 0 spiro atoms. The second-order valence-corrected chi connectivity index (χ2v) is 8.55. The third kappa shape index (κ3) is 8.88. The molecular weight excluding hydrogens is 392 g/mol. The molecule has 162 valence electrons. The van der Waals surface area contributed by atoms with Crippen molar-refractivity contribution in [3.63, 3.8) is 0 Å². The fraction of sp³-hybridized carbons (Fsp3) is 0.591. The van der Waals surface area contributed by atoms with E-state index in [4.69, 9.17) is 14.6 Å². The lowest BCUT2D eigenvalue weighted by Crippen LogP contribution is -2.23. The molecule has 1 aromatic carbocycles. The summed E-state index contributed by atoms with van der Waals surface area (Å²) < 4.78 is 10.9. The first kappa shape index (κ1) is 23.9. The van der Waals surface area contributed by atoms with Gasteiger partial charge in [-0.3, -0.25) is 4.79 Å². The molecule has 0 bridgehead atoms. The van der Waals surface area contributed by atoms with Crippen LogP contribution in [-0.2, 0) is 27.3 Å². The van der Waals surface area contributed by atoms with Gasteiger partial charge >= 0.3 is 5.97 Å². The summed E-state index contributed by atoms with van der Waals surface area (Å²) in [6.07, 6.45) is 4.50. The van der Waals surface area contributed by atoms with E-state index in [0.29, 0.717) is 26.1 Å². The Morgan fingerprint density at radius 3 is 2.93 bits per heavy atom. The Balaban J connectivity index is 1.78. The van der Waals surface area contributed by atoms with Gasteiger partial charge in [-0.05, 0) is 35.5 Å². The van der Waals surface area contributed by atoms with Gasteiger partial charge in [-0.1, -0.05) is 36.4 Å². The maximum absolute atomic E-state index is 10.5. The molecule has 1 aliphatic heterocycles. The fourth-order valence-electron chi connectivity index (χ4n) is 3.43. The van der Waals surface area contributed by atoms with Gasteiger partial charge in [-0.15, -0.1) is 0 Å². The first-order valence-electron chi connectivity index (χ1n) is 10.0. The van der Waals surface area contributed by atoms with Crippen molar-refractivity contribution in [2.24, 2.45) is 5.92 Å². The number of ether oxygens (including phenoxy) is 2. The number of aliphatic hydroxyl groups is 2. The van der Waals surface area contributed by atoms with Crippen molar-refractivity contribution in [2.75, 3.05) is 25.2 Å². The predicted octanol–water partition coefficient (Wildman–Crippen LogP) is 2.66. The van der Waals surface area contributed by atoms with Gasteiger partial charge in [0.05, 0.1) is 31.5 Å². The SMILES string of the molecule is COCc1cccc(C[C@H](O)C=C[C@@H]2[C@@H](O)CO[C@@H]2CCSCCCC(=O)O)c1. The van der Waals surface area contributed by atoms with Crippen molar-refractivity contribution in [1.29, 1.82) is 0 Å². The number of hydrogen-bond donors (Lipinski definition) is 3. The summed E-state index contributed by atoms with van der Waals surface area (Å²) in [4.78, 5) is 10.5. The molecule has 4 atom stereocenters. The van der Waals surface area contributed by atoms with E-state index < -0.39 is 18.2 Å². The van der Waals surface area contributed by atoms with Gasteiger partial charge in [0.15, 0.2) is 0 Å². The van der Waals surface area contributed by atoms with Crippen LogP contribution in [0.5, 0.6) is 0 Å². The Morgan fingerprint density at radius 2 is 2.17 bits per heavy atom. The lowest BCUT2D eigenvalue weighted by molar-refractivity contribution is -0.137. The molecule has 29 heavy (non-hydrogen) atoms. The van der Waals surface area contributed by atoms with Gasteiger partial charge in [0.25, 0.3) is 0 Å². The highest BCUT2D eigenvalue weighted by atomic mass is 32.2. The molecule has 3 N–H and O–H groups in total. The van der Waals surface area contributed by atoms with E-state index in [9.17, 15) is 15.0 Å². The van der Waals surface area contributed by atoms with Crippen LogP contribution in [0.2, 0.25) is 0 Å². The van der Waals surface area contributed by atoms with Crippen LogP contribution in [-0.4, -0.2) is 64.8 Å². The lowest BCUT2D eigenvalue weighted by Gasteiger charge is -2.17. The second kappa shape index (κ2) is 13.0. The molecule has 2 rings (SSSR count). The minimum absolute atomic E-state index is 0.0783. The van der Waals surface area contributed by atoms with Crippen LogP contribution in [0, 0.1) is 5.92 Å². The minimum atomic E-state index is -0.762. The highest BCUT2D eigenvalue weighted by Gasteiger charge is 2.33. The van der Waals surface area contributed by atoms with Gasteiger partial charge in [0, 0.05) is 25.9 Å². The van der Waals surface area contributed by atoms with Crippen molar-refractivity contribution in [3.8, 4) is 0 Å². The van der Waals surface area contributed by atoms with E-state index >= 15 is 0 Å². The first-order chi connectivity index (χ1) is 14.0. The molecular formula is C22H32O6S. The Kier molecular flexibility index (Phi) is 10.7. The number of aliphatic carboxylic acids is 1. The molecule has 1 aliphatic rings. The zero-order valence-electron chi connectivity index (χ0n) is 16.9. The predicted molar refractivity (Wildman–Crippen MR) is 114 cm³/mol. The van der Waals surface area contributed by atoms with Crippen molar-refractivity contribution in [1.82, 2.24) is 0 Å². The fourth-order valence-corrected chi connectivity index (χ4v) is 4.38. The van der Waals surface area contributed by atoms with Crippen LogP contribution in [0.15, 0.2) is 36.4 Å². The highest BCUT2D eigenvalue weighted by Crippen LogP contribution is 2.27. The van der Waals surface area contributed by atoms with Crippen molar-refractivity contribution < 1.29 is 29.6 Å². The maximum Gasteiger partial charge on any atom is 0.303 e. The molecule has 0 aliphatic carbocycles. The Bertz CT molecular complexity index is 650. The monoisotopic (exact) mass is 424 g/mol. The van der Waals surface area contributed by atoms with Gasteiger partial charge in [0.1, 0.15) is 0 Å². The number of thioether (sulfide) groups is 1. The molecule has 0 saturated carbocycles. The van der Waals surface area contributed by atoms with Crippen LogP contribution >= 0.6 is 11.8 Å². The Hall–Kier alpha value is -1.38. The third-order valence-electron chi connectivity index (χ3n) is 4.88. The van der Waals surface area contributed by atoms with Gasteiger partial charge in [0.2, 0.25) is 0 Å². The quantitative estimate of drug-likeness (QED) is 0.331. The van der Waals surface area contributed by atoms with Crippen LogP contribution in [0.1, 0.15) is 30.4 Å². The molecule has 0 aromatic heterocycles. The molecule has 7 heteroatoms. The summed E-state index contributed by atoms with van der Waals surface area (Å²) >= 11 is 1.71. The van der Waals surface area contributed by atoms with E-state index in [-0.39, 0.29) is 18.4 Å². The summed E-state index contributed by atoms with van der Waals surface area (Å²) in [5.74, 6) is 0.769. The number of carbonyl (C=O) groups is 1. The maximum atomic E-state index is 10.5. The third-order valence-corrected chi connectivity index (χ3v) is 5.99. The average molecular weight is 425 g/mol. The van der Waals surface area contributed by atoms with Crippen LogP contribution < -0.4 is 0 Å². The number of rotatable bonds is 13. The minimum Gasteiger partial charge on any atom is -0.481 e. The second-order valence-electron chi connectivity index (χ2n) is 7.32. The van der Waals surface area contributed by atoms with E-state index in [1.54, 1.807) is 24.9 Å². The summed E-state index contributed by atoms with van der Waals surface area (Å²) in [6, 6.07) is 7.96. The molecule has 0 radical (unpaired) electrons. The summed E-state index contributed by atoms with van der Waals surface area (Å²) in [6.45, 7) is 0.847. The smallest absolute Gasteiger partial charge is 0.303 e. The van der Waals surface area contributed by atoms with Crippen molar-refractivity contribution in [3.05, 3.63) is 47.5 Å². The van der Waals surface area contributed by atoms with Crippen molar-refractivity contribution >= 4 is 17.7 Å². The van der Waals surface area contributed by atoms with Crippen LogP contribution in [0.4, 0.5) is 0 Å². The Labute approximate surface area is 176 Å². The summed E-state index contributed by atoms with van der Waals surface area (Å²) in [5.41, 5.74) is 2.11. The standard InChI is InChI=1S/C22H32O6S/c1-27-14-17-5-2-4-16(12-17)13-18(23)7-8-19-20(24)15-28-21(19)9-11-29-10-3-6-22(25)26/h2,4-5,7-8,12,18-21,23-24H,3,6,9-11,13-15H2,1H3,(H,25,26)/t18-,19-,20+,21-/m1/s1. The van der Waals surface area contributed by atoms with E-state index in [0.717, 1.165) is 29.1 Å². The topological polar surface area (TPSA) is 96.2 Å². The van der Waals surface area contributed by atoms with E-state index in [2.05, 4.69) is 0 Å². The van der Waals surface area contributed by atoms with Crippen molar-refractivity contribution in [2.45, 2.75) is 50.6 Å². The molecule has 0 amide bonds. The molecule has 1 heterocycles. The van der Waals surface area contributed by atoms with E-state index in [1.807, 2.05) is 30.3 Å². The van der Waals surface area contributed by atoms with E-state index in [1.165, 1.54) is 0 Å². The number of benzene rings is 1. The normalized spacial score (nSPS) is 22.9. The zero-order chi connectivity index (χ0) is 21.1. The summed E-state index contributed by atoms with van der Waals surface area (Å²) in [7, 11) is 1.66.